The van der Waals surface area contributed by atoms with Crippen molar-refractivity contribution in [3.8, 4) is 16.9 Å². The van der Waals surface area contributed by atoms with Gasteiger partial charge < -0.3 is 14.0 Å². The Kier molecular flexibility index (Phi) is 7.06. The molecule has 174 valence electrons. The number of aromatic nitrogens is 1. The van der Waals surface area contributed by atoms with E-state index in [4.69, 9.17) is 9.47 Å². The summed E-state index contributed by atoms with van der Waals surface area (Å²) in [7, 11) is 1.34. The number of hydrogen-bond acceptors (Lipinski definition) is 5. The van der Waals surface area contributed by atoms with Crippen molar-refractivity contribution in [2.75, 3.05) is 5.32 Å². The fraction of sp³-hybridized carbons (Fsp3) is 0.409. The van der Waals surface area contributed by atoms with Crippen molar-refractivity contribution in [1.82, 2.24) is 4.57 Å². The number of ether oxygens (including phenoxy) is 2. The minimum absolute atomic E-state index is 0.00744. The van der Waals surface area contributed by atoms with Gasteiger partial charge >= 0.3 is 18.2 Å². The standard InChI is InChI=1S/C22H25F3N2O5/c1-7-17(29)31-19-13(9-8-10-15(19)26-20(30)32-21(3,4)5)18-12(2)27(6)16(28)11-14(18)22(23,24)25/h8-11H,7H2,1-6H3,(H,26,30). The molecular weight excluding hydrogens is 429 g/mol. The summed E-state index contributed by atoms with van der Waals surface area (Å²) in [6.07, 6.45) is -5.79. The molecule has 0 atom stereocenters. The Hall–Kier alpha value is -3.30. The van der Waals surface area contributed by atoms with Crippen molar-refractivity contribution in [2.24, 2.45) is 7.05 Å². The molecule has 0 aliphatic rings. The van der Waals surface area contributed by atoms with Crippen LogP contribution in [-0.2, 0) is 22.8 Å². The van der Waals surface area contributed by atoms with E-state index in [1.165, 1.54) is 39.1 Å². The lowest BCUT2D eigenvalue weighted by Gasteiger charge is -2.23. The molecule has 0 fully saturated rings. The molecule has 1 aromatic carbocycles. The van der Waals surface area contributed by atoms with E-state index in [1.807, 2.05) is 0 Å². The maximum Gasteiger partial charge on any atom is 0.417 e. The normalized spacial score (nSPS) is 11.8. The van der Waals surface area contributed by atoms with E-state index in [2.05, 4.69) is 5.32 Å². The van der Waals surface area contributed by atoms with Crippen LogP contribution in [-0.4, -0.2) is 22.2 Å². The van der Waals surface area contributed by atoms with Crippen LogP contribution in [0.5, 0.6) is 5.75 Å². The number of benzene rings is 1. The molecule has 10 heteroatoms. The Bertz CT molecular complexity index is 1100. The molecule has 1 heterocycles. The highest BCUT2D eigenvalue weighted by molar-refractivity contribution is 5.93. The molecule has 0 aliphatic heterocycles. The summed E-state index contributed by atoms with van der Waals surface area (Å²) in [5.74, 6) is -1.00. The number of amides is 1. The average molecular weight is 454 g/mol. The van der Waals surface area contributed by atoms with Crippen molar-refractivity contribution in [3.05, 3.63) is 45.9 Å². The first-order chi connectivity index (χ1) is 14.7. The maximum absolute atomic E-state index is 13.8. The number of halogens is 3. The summed E-state index contributed by atoms with van der Waals surface area (Å²) in [6, 6.07) is 4.58. The predicted molar refractivity (Wildman–Crippen MR) is 113 cm³/mol. The number of carbonyl (C=O) groups excluding carboxylic acids is 2. The zero-order chi connectivity index (χ0) is 24.4. The van der Waals surface area contributed by atoms with Crippen LogP contribution in [0.25, 0.3) is 11.1 Å². The van der Waals surface area contributed by atoms with Crippen molar-refractivity contribution in [1.29, 1.82) is 0 Å². The lowest BCUT2D eigenvalue weighted by molar-refractivity contribution is -0.137. The van der Waals surface area contributed by atoms with E-state index in [-0.39, 0.29) is 34.7 Å². The molecule has 0 saturated carbocycles. The third-order valence-corrected chi connectivity index (χ3v) is 4.46. The second-order valence-corrected chi connectivity index (χ2v) is 8.05. The highest BCUT2D eigenvalue weighted by atomic mass is 19.4. The molecule has 1 amide bonds. The molecule has 0 unspecified atom stereocenters. The lowest BCUT2D eigenvalue weighted by Crippen LogP contribution is -2.27. The third kappa shape index (κ3) is 5.68. The van der Waals surface area contributed by atoms with E-state index in [0.29, 0.717) is 6.07 Å². The molecule has 0 spiro atoms. The summed E-state index contributed by atoms with van der Waals surface area (Å²) in [6.45, 7) is 7.80. The number of rotatable bonds is 4. The molecule has 7 nitrogen and oxygen atoms in total. The van der Waals surface area contributed by atoms with Gasteiger partial charge in [0.1, 0.15) is 5.60 Å². The van der Waals surface area contributed by atoms with Crippen LogP contribution in [0.2, 0.25) is 0 Å². The van der Waals surface area contributed by atoms with Gasteiger partial charge in [-0.2, -0.15) is 13.2 Å². The largest absolute Gasteiger partial charge is 0.444 e. The van der Waals surface area contributed by atoms with Crippen LogP contribution in [0.4, 0.5) is 23.7 Å². The summed E-state index contributed by atoms with van der Waals surface area (Å²) >= 11 is 0. The molecule has 0 aliphatic carbocycles. The Morgan fingerprint density at radius 3 is 2.31 bits per heavy atom. The number of carbonyl (C=O) groups is 2. The minimum atomic E-state index is -4.85. The average Bonchev–Trinajstić information content (AvgIpc) is 2.65. The van der Waals surface area contributed by atoms with E-state index < -0.39 is 35.0 Å². The molecule has 2 aromatic rings. The van der Waals surface area contributed by atoms with Gasteiger partial charge in [0.25, 0.3) is 5.56 Å². The van der Waals surface area contributed by atoms with E-state index >= 15 is 0 Å². The van der Waals surface area contributed by atoms with E-state index in [0.717, 1.165) is 4.57 Å². The molecule has 0 radical (unpaired) electrons. The number of alkyl halides is 3. The predicted octanol–water partition coefficient (Wildman–Crippen LogP) is 5.04. The first-order valence-corrected chi connectivity index (χ1v) is 9.77. The van der Waals surface area contributed by atoms with Crippen LogP contribution in [0.3, 0.4) is 0 Å². The van der Waals surface area contributed by atoms with Crippen LogP contribution >= 0.6 is 0 Å². The fourth-order valence-electron chi connectivity index (χ4n) is 2.93. The Balaban J connectivity index is 2.80. The van der Waals surface area contributed by atoms with Crippen LogP contribution in [0.1, 0.15) is 45.4 Å². The molecule has 1 aromatic heterocycles. The lowest BCUT2D eigenvalue weighted by atomic mass is 9.96. The van der Waals surface area contributed by atoms with Gasteiger partial charge in [-0.15, -0.1) is 0 Å². The smallest absolute Gasteiger partial charge is 0.417 e. The van der Waals surface area contributed by atoms with E-state index in [1.54, 1.807) is 20.8 Å². The van der Waals surface area contributed by atoms with Crippen LogP contribution < -0.4 is 15.6 Å². The summed E-state index contributed by atoms with van der Waals surface area (Å²) in [4.78, 5) is 36.4. The summed E-state index contributed by atoms with van der Waals surface area (Å²) in [5.41, 5.74) is -3.35. The number of nitrogens with one attached hydrogen (secondary N) is 1. The fourth-order valence-corrected chi connectivity index (χ4v) is 2.93. The van der Waals surface area contributed by atoms with Gasteiger partial charge in [0.05, 0.1) is 11.3 Å². The highest BCUT2D eigenvalue weighted by Crippen LogP contribution is 2.44. The second kappa shape index (κ2) is 9.05. The van der Waals surface area contributed by atoms with Crippen molar-refractivity contribution in [3.63, 3.8) is 0 Å². The molecule has 2 rings (SSSR count). The number of pyridine rings is 1. The first kappa shape index (κ1) is 25.0. The SMILES string of the molecule is CCC(=O)Oc1c(NC(=O)OC(C)(C)C)cccc1-c1c(C(F)(F)F)cc(=O)n(C)c1C. The quantitative estimate of drug-likeness (QED) is 0.517. The zero-order valence-electron chi connectivity index (χ0n) is 18.6. The van der Waals surface area contributed by atoms with Crippen molar-refractivity contribution < 1.29 is 32.2 Å². The Labute approximate surface area is 183 Å². The molecule has 0 saturated heterocycles. The van der Waals surface area contributed by atoms with Gasteiger partial charge in [0.2, 0.25) is 0 Å². The van der Waals surface area contributed by atoms with Gasteiger partial charge in [0, 0.05) is 36.4 Å². The number of esters is 1. The van der Waals surface area contributed by atoms with Gasteiger partial charge in [-0.05, 0) is 33.8 Å². The highest BCUT2D eigenvalue weighted by Gasteiger charge is 2.37. The second-order valence-electron chi connectivity index (χ2n) is 8.05. The van der Waals surface area contributed by atoms with Crippen molar-refractivity contribution >= 4 is 17.7 Å². The summed E-state index contributed by atoms with van der Waals surface area (Å²) in [5, 5.41) is 2.42. The Morgan fingerprint density at radius 1 is 1.16 bits per heavy atom. The third-order valence-electron chi connectivity index (χ3n) is 4.46. The van der Waals surface area contributed by atoms with E-state index in [9.17, 15) is 27.6 Å². The van der Waals surface area contributed by atoms with Crippen molar-refractivity contribution in [2.45, 2.75) is 52.8 Å². The maximum atomic E-state index is 13.8. The topological polar surface area (TPSA) is 86.6 Å². The Morgan fingerprint density at radius 2 is 1.78 bits per heavy atom. The molecule has 1 N–H and O–H groups in total. The molecule has 0 bridgehead atoms. The number of nitrogens with zero attached hydrogens (tertiary/aromatic N) is 1. The minimum Gasteiger partial charge on any atom is -0.444 e. The molecule has 32 heavy (non-hydrogen) atoms. The number of anilines is 1. The van der Waals surface area contributed by atoms with Gasteiger partial charge in [-0.1, -0.05) is 19.1 Å². The zero-order valence-corrected chi connectivity index (χ0v) is 18.6. The van der Waals surface area contributed by atoms with Crippen LogP contribution in [0, 0.1) is 6.92 Å². The monoisotopic (exact) mass is 454 g/mol. The van der Waals surface area contributed by atoms with Crippen LogP contribution in [0.15, 0.2) is 29.1 Å². The van der Waals surface area contributed by atoms with Gasteiger partial charge in [-0.25, -0.2) is 4.79 Å². The first-order valence-electron chi connectivity index (χ1n) is 9.77. The molecular formula is C22H25F3N2O5. The number of para-hydroxylation sites is 1. The summed E-state index contributed by atoms with van der Waals surface area (Å²) < 4.78 is 53.1. The number of hydrogen-bond donors (Lipinski definition) is 1. The van der Waals surface area contributed by atoms with Gasteiger partial charge in [-0.3, -0.25) is 14.9 Å². The van der Waals surface area contributed by atoms with Gasteiger partial charge in [0.15, 0.2) is 5.75 Å².